The van der Waals surface area contributed by atoms with Crippen molar-refractivity contribution in [3.63, 3.8) is 0 Å². The number of benzene rings is 2. The van der Waals surface area contributed by atoms with Gasteiger partial charge < -0.3 is 4.74 Å². The van der Waals surface area contributed by atoms with Crippen LogP contribution in [0.1, 0.15) is 5.56 Å². The molecule has 0 saturated heterocycles. The second-order valence-corrected chi connectivity index (χ2v) is 4.67. The molecule has 2 aromatic rings. The highest BCUT2D eigenvalue weighted by molar-refractivity contribution is 9.10. The van der Waals surface area contributed by atoms with Gasteiger partial charge in [0, 0.05) is 16.6 Å². The highest BCUT2D eigenvalue weighted by Crippen LogP contribution is 2.33. The molecule has 0 aliphatic heterocycles. The van der Waals surface area contributed by atoms with E-state index in [0.717, 1.165) is 12.1 Å². The number of nitriles is 1. The van der Waals surface area contributed by atoms with Crippen molar-refractivity contribution >= 4 is 21.6 Å². The normalized spacial score (nSPS) is 9.85. The van der Waals surface area contributed by atoms with Gasteiger partial charge >= 0.3 is 5.69 Å². The van der Waals surface area contributed by atoms with Crippen LogP contribution in [-0.2, 0) is 0 Å². The summed E-state index contributed by atoms with van der Waals surface area (Å²) in [5.41, 5.74) is -0.214. The molecule has 0 fully saturated rings. The summed E-state index contributed by atoms with van der Waals surface area (Å²) in [6.07, 6.45) is 0. The summed E-state index contributed by atoms with van der Waals surface area (Å²) >= 11 is 3.10. The molecule has 2 rings (SSSR count). The molecule has 0 amide bonds. The Morgan fingerprint density at radius 2 is 2.05 bits per heavy atom. The Hall–Kier alpha value is -2.46. The highest BCUT2D eigenvalue weighted by atomic mass is 79.9. The van der Waals surface area contributed by atoms with Crippen molar-refractivity contribution in [2.45, 2.75) is 0 Å². The summed E-state index contributed by atoms with van der Waals surface area (Å²) in [4.78, 5) is 10.3. The van der Waals surface area contributed by atoms with Gasteiger partial charge in [-0.05, 0) is 24.3 Å². The second-order valence-electron chi connectivity index (χ2n) is 3.76. The molecule has 0 heterocycles. The quantitative estimate of drug-likeness (QED) is 0.622. The van der Waals surface area contributed by atoms with Crippen LogP contribution in [0, 0.1) is 27.3 Å². The van der Waals surface area contributed by atoms with E-state index in [1.165, 1.54) is 24.3 Å². The monoisotopic (exact) mass is 336 g/mol. The summed E-state index contributed by atoms with van der Waals surface area (Å²) in [5.74, 6) is -0.484. The average molecular weight is 337 g/mol. The second kappa shape index (κ2) is 5.67. The Bertz CT molecular complexity index is 708. The molecule has 0 aromatic heterocycles. The molecule has 0 N–H and O–H groups in total. The Kier molecular flexibility index (Phi) is 3.96. The fourth-order valence-corrected chi connectivity index (χ4v) is 1.97. The molecule has 0 saturated carbocycles. The van der Waals surface area contributed by atoms with Gasteiger partial charge in [-0.1, -0.05) is 15.9 Å². The summed E-state index contributed by atoms with van der Waals surface area (Å²) in [5, 5.41) is 19.7. The first-order valence-electron chi connectivity index (χ1n) is 5.32. The first kappa shape index (κ1) is 14.0. The van der Waals surface area contributed by atoms with Crippen LogP contribution in [-0.4, -0.2) is 4.92 Å². The predicted molar refractivity (Wildman–Crippen MR) is 72.0 cm³/mol. The van der Waals surface area contributed by atoms with Crippen LogP contribution in [0.25, 0.3) is 0 Å². The van der Waals surface area contributed by atoms with Gasteiger partial charge in [-0.3, -0.25) is 10.1 Å². The van der Waals surface area contributed by atoms with Crippen molar-refractivity contribution < 1.29 is 14.1 Å². The van der Waals surface area contributed by atoms with Gasteiger partial charge in [0.1, 0.15) is 11.6 Å². The van der Waals surface area contributed by atoms with Gasteiger partial charge in [-0.25, -0.2) is 4.39 Å². The molecule has 0 spiro atoms. The molecule has 0 atom stereocenters. The fourth-order valence-electron chi connectivity index (χ4n) is 1.53. The van der Waals surface area contributed by atoms with Crippen LogP contribution >= 0.6 is 15.9 Å². The third kappa shape index (κ3) is 3.10. The molecular weight excluding hydrogens is 331 g/mol. The van der Waals surface area contributed by atoms with E-state index in [-0.39, 0.29) is 22.7 Å². The van der Waals surface area contributed by atoms with E-state index in [9.17, 15) is 14.5 Å². The maximum atomic E-state index is 13.2. The fraction of sp³-hybridized carbons (Fsp3) is 0. The topological polar surface area (TPSA) is 76.2 Å². The molecule has 100 valence electrons. The number of nitrogens with zero attached hydrogens (tertiary/aromatic N) is 2. The Morgan fingerprint density at radius 3 is 2.65 bits per heavy atom. The molecule has 0 aliphatic carbocycles. The number of hydrogen-bond donors (Lipinski definition) is 0. The minimum atomic E-state index is -0.662. The van der Waals surface area contributed by atoms with Gasteiger partial charge in [0.15, 0.2) is 0 Å². The molecule has 5 nitrogen and oxygen atoms in total. The van der Waals surface area contributed by atoms with Crippen molar-refractivity contribution in [1.82, 2.24) is 0 Å². The van der Waals surface area contributed by atoms with E-state index < -0.39 is 10.7 Å². The van der Waals surface area contributed by atoms with Crippen molar-refractivity contribution in [3.05, 3.63) is 62.4 Å². The molecule has 20 heavy (non-hydrogen) atoms. The van der Waals surface area contributed by atoms with E-state index in [2.05, 4.69) is 15.9 Å². The number of ether oxygens (including phenoxy) is 1. The van der Waals surface area contributed by atoms with E-state index in [4.69, 9.17) is 10.00 Å². The Balaban J connectivity index is 2.43. The summed E-state index contributed by atoms with van der Waals surface area (Å²) in [7, 11) is 0. The standard InChI is InChI=1S/C13H6BrFN2O3/c14-9-4-10(15)6-11(5-9)20-13-2-1-8(7-16)3-12(13)17(18)19/h1-6H. The van der Waals surface area contributed by atoms with Crippen LogP contribution in [0.15, 0.2) is 40.9 Å². The van der Waals surface area contributed by atoms with Gasteiger partial charge in [0.2, 0.25) is 5.75 Å². The maximum absolute atomic E-state index is 13.2. The van der Waals surface area contributed by atoms with Gasteiger partial charge in [0.05, 0.1) is 16.6 Å². The third-order valence-electron chi connectivity index (χ3n) is 2.35. The van der Waals surface area contributed by atoms with E-state index in [1.807, 2.05) is 0 Å². The van der Waals surface area contributed by atoms with Crippen LogP contribution in [0.3, 0.4) is 0 Å². The van der Waals surface area contributed by atoms with Gasteiger partial charge in [-0.2, -0.15) is 5.26 Å². The lowest BCUT2D eigenvalue weighted by atomic mass is 10.2. The predicted octanol–water partition coefficient (Wildman–Crippen LogP) is 4.16. The number of hydrogen-bond acceptors (Lipinski definition) is 4. The highest BCUT2D eigenvalue weighted by Gasteiger charge is 2.17. The molecule has 0 unspecified atom stereocenters. The number of halogens is 2. The number of rotatable bonds is 3. The molecule has 0 bridgehead atoms. The molecule has 2 aromatic carbocycles. The number of nitro benzene ring substituents is 1. The van der Waals surface area contributed by atoms with Crippen LogP contribution in [0.2, 0.25) is 0 Å². The van der Waals surface area contributed by atoms with Crippen molar-refractivity contribution in [3.8, 4) is 17.6 Å². The van der Waals surface area contributed by atoms with E-state index in [0.29, 0.717) is 4.47 Å². The lowest BCUT2D eigenvalue weighted by molar-refractivity contribution is -0.385. The molecule has 7 heteroatoms. The maximum Gasteiger partial charge on any atom is 0.312 e. The summed E-state index contributed by atoms with van der Waals surface area (Å²) < 4.78 is 19.0. The lowest BCUT2D eigenvalue weighted by Crippen LogP contribution is -1.94. The van der Waals surface area contributed by atoms with Crippen molar-refractivity contribution in [1.29, 1.82) is 5.26 Å². The lowest BCUT2D eigenvalue weighted by Gasteiger charge is -2.07. The zero-order valence-corrected chi connectivity index (χ0v) is 11.4. The Morgan fingerprint density at radius 1 is 1.30 bits per heavy atom. The summed E-state index contributed by atoms with van der Waals surface area (Å²) in [6, 6.07) is 9.41. The minimum absolute atomic E-state index is 0.0634. The smallest absolute Gasteiger partial charge is 0.312 e. The van der Waals surface area contributed by atoms with Crippen LogP contribution in [0.5, 0.6) is 11.5 Å². The molecule has 0 aliphatic rings. The summed E-state index contributed by atoms with van der Waals surface area (Å²) in [6.45, 7) is 0. The van der Waals surface area contributed by atoms with Crippen molar-refractivity contribution in [2.24, 2.45) is 0 Å². The molecule has 0 radical (unpaired) electrons. The Labute approximate surface area is 121 Å². The SMILES string of the molecule is N#Cc1ccc(Oc2cc(F)cc(Br)c2)c([N+](=O)[O-])c1. The third-order valence-corrected chi connectivity index (χ3v) is 2.81. The van der Waals surface area contributed by atoms with Crippen LogP contribution < -0.4 is 4.74 Å². The van der Waals surface area contributed by atoms with Crippen LogP contribution in [0.4, 0.5) is 10.1 Å². The first-order valence-corrected chi connectivity index (χ1v) is 6.11. The van der Waals surface area contributed by atoms with E-state index in [1.54, 1.807) is 6.07 Å². The first-order chi connectivity index (χ1) is 9.49. The van der Waals surface area contributed by atoms with E-state index >= 15 is 0 Å². The van der Waals surface area contributed by atoms with Gasteiger partial charge in [-0.15, -0.1) is 0 Å². The zero-order chi connectivity index (χ0) is 14.7. The van der Waals surface area contributed by atoms with Crippen molar-refractivity contribution in [2.75, 3.05) is 0 Å². The molecular formula is C13H6BrFN2O3. The minimum Gasteiger partial charge on any atom is -0.450 e. The zero-order valence-electron chi connectivity index (χ0n) is 9.84. The number of nitro groups is 1. The largest absolute Gasteiger partial charge is 0.450 e. The average Bonchev–Trinajstić information content (AvgIpc) is 2.37. The van der Waals surface area contributed by atoms with Gasteiger partial charge in [0.25, 0.3) is 0 Å².